The molecule has 0 bridgehead atoms. The Hall–Kier alpha value is -3.61. The summed E-state index contributed by atoms with van der Waals surface area (Å²) in [6.45, 7) is 6.13. The van der Waals surface area contributed by atoms with Crippen LogP contribution in [-0.2, 0) is 0 Å². The summed E-state index contributed by atoms with van der Waals surface area (Å²) < 4.78 is 0. The number of piperidine rings is 1. The van der Waals surface area contributed by atoms with Crippen LogP contribution in [0.4, 0.5) is 29.1 Å². The smallest absolute Gasteiger partial charge is 0.231 e. The molecule has 0 spiro atoms. The van der Waals surface area contributed by atoms with Crippen LogP contribution in [0.3, 0.4) is 0 Å². The molecule has 1 saturated heterocycles. The zero-order chi connectivity index (χ0) is 21.2. The highest BCUT2D eigenvalue weighted by Crippen LogP contribution is 2.29. The first-order valence-corrected chi connectivity index (χ1v) is 10.8. The highest BCUT2D eigenvalue weighted by atomic mass is 15.3. The third-order valence-corrected chi connectivity index (χ3v) is 5.60. The van der Waals surface area contributed by atoms with Gasteiger partial charge in [-0.3, -0.25) is 0 Å². The maximum atomic E-state index is 4.87. The maximum Gasteiger partial charge on any atom is 0.231 e. The van der Waals surface area contributed by atoms with E-state index in [-0.39, 0.29) is 0 Å². The van der Waals surface area contributed by atoms with E-state index < -0.39 is 0 Å². The minimum Gasteiger partial charge on any atom is -0.355 e. The van der Waals surface area contributed by atoms with Gasteiger partial charge in [0.1, 0.15) is 0 Å². The predicted octanol–water partition coefficient (Wildman–Crippen LogP) is 5.45. The molecule has 3 heterocycles. The monoisotopic (exact) mass is 413 g/mol. The molecule has 1 aliphatic heterocycles. The van der Waals surface area contributed by atoms with Crippen molar-refractivity contribution in [3.63, 3.8) is 0 Å². The van der Waals surface area contributed by atoms with Crippen LogP contribution in [0.5, 0.6) is 0 Å². The number of hydrogen-bond donors (Lipinski definition) is 3. The van der Waals surface area contributed by atoms with Gasteiger partial charge in [-0.2, -0.15) is 9.97 Å². The fourth-order valence-electron chi connectivity index (χ4n) is 3.87. The minimum absolute atomic E-state index is 0.572. The lowest BCUT2D eigenvalue weighted by Crippen LogP contribution is -2.30. The summed E-state index contributed by atoms with van der Waals surface area (Å²) in [7, 11) is 0. The number of aromatic amines is 1. The Balaban J connectivity index is 1.52. The van der Waals surface area contributed by atoms with Gasteiger partial charge < -0.3 is 20.5 Å². The first-order chi connectivity index (χ1) is 15.1. The highest BCUT2D eigenvalue weighted by Gasteiger charge is 2.20. The number of benzene rings is 2. The van der Waals surface area contributed by atoms with E-state index in [1.165, 1.54) is 30.4 Å². The molecule has 0 amide bonds. The van der Waals surface area contributed by atoms with Gasteiger partial charge in [-0.15, -0.1) is 0 Å². The third-order valence-electron chi connectivity index (χ3n) is 5.60. The van der Waals surface area contributed by atoms with E-state index in [9.17, 15) is 0 Å². The summed E-state index contributed by atoms with van der Waals surface area (Å²) in [6.07, 6.45) is 3.61. The molecule has 0 aliphatic carbocycles. The maximum absolute atomic E-state index is 4.87. The largest absolute Gasteiger partial charge is 0.355 e. The Morgan fingerprint density at radius 2 is 1.35 bits per heavy atom. The lowest BCUT2D eigenvalue weighted by Gasteiger charge is -2.27. The first kappa shape index (κ1) is 19.4. The minimum atomic E-state index is 0.572. The number of fused-ring (bicyclic) bond motifs is 1. The molecule has 7 heteroatoms. The van der Waals surface area contributed by atoms with Gasteiger partial charge in [0.2, 0.25) is 11.9 Å². The Bertz CT molecular complexity index is 1170. The number of nitrogens with zero attached hydrogens (tertiary/aromatic N) is 4. The van der Waals surface area contributed by atoms with Gasteiger partial charge in [-0.1, -0.05) is 35.4 Å². The van der Waals surface area contributed by atoms with E-state index in [4.69, 9.17) is 15.0 Å². The summed E-state index contributed by atoms with van der Waals surface area (Å²) in [5.41, 5.74) is 5.91. The Labute approximate surface area is 182 Å². The fraction of sp³-hybridized carbons (Fsp3) is 0.292. The molecule has 1 aliphatic rings. The molecule has 2 aromatic carbocycles. The van der Waals surface area contributed by atoms with E-state index in [1.807, 2.05) is 24.3 Å². The van der Waals surface area contributed by atoms with Crippen molar-refractivity contribution >= 4 is 40.3 Å². The number of anilines is 5. The molecule has 0 saturated carbocycles. The number of hydrogen-bond acceptors (Lipinski definition) is 6. The van der Waals surface area contributed by atoms with Gasteiger partial charge in [0.05, 0.1) is 0 Å². The fourth-order valence-corrected chi connectivity index (χ4v) is 3.87. The van der Waals surface area contributed by atoms with Crippen molar-refractivity contribution in [2.45, 2.75) is 33.1 Å². The molecule has 31 heavy (non-hydrogen) atoms. The second kappa shape index (κ2) is 8.26. The van der Waals surface area contributed by atoms with Crippen molar-refractivity contribution in [2.24, 2.45) is 0 Å². The third kappa shape index (κ3) is 4.30. The Kier molecular flexibility index (Phi) is 5.16. The SMILES string of the molecule is Cc1ccc(Nc2nc(N3CCCCC3)c3nc(Nc4ccc(C)cc4)[nH]c3n2)cc1. The normalized spacial score (nSPS) is 14.1. The quantitative estimate of drug-likeness (QED) is 0.404. The lowest BCUT2D eigenvalue weighted by molar-refractivity contribution is 0.574. The van der Waals surface area contributed by atoms with E-state index in [0.29, 0.717) is 11.9 Å². The van der Waals surface area contributed by atoms with E-state index in [1.54, 1.807) is 0 Å². The second-order valence-corrected chi connectivity index (χ2v) is 8.18. The van der Waals surface area contributed by atoms with Crippen LogP contribution in [0.2, 0.25) is 0 Å². The molecule has 0 atom stereocenters. The van der Waals surface area contributed by atoms with Gasteiger partial charge in [0.25, 0.3) is 0 Å². The number of imidazole rings is 1. The summed E-state index contributed by atoms with van der Waals surface area (Å²) in [5, 5.41) is 6.70. The molecule has 0 unspecified atom stereocenters. The predicted molar refractivity (Wildman–Crippen MR) is 127 cm³/mol. The molecule has 158 valence electrons. The summed E-state index contributed by atoms with van der Waals surface area (Å²) in [5.74, 6) is 2.12. The zero-order valence-electron chi connectivity index (χ0n) is 17.9. The first-order valence-electron chi connectivity index (χ1n) is 10.8. The van der Waals surface area contributed by atoms with Gasteiger partial charge in [-0.25, -0.2) is 4.98 Å². The Morgan fingerprint density at radius 3 is 2.00 bits per heavy atom. The van der Waals surface area contributed by atoms with Crippen molar-refractivity contribution in [3.05, 3.63) is 59.7 Å². The lowest BCUT2D eigenvalue weighted by atomic mass is 10.1. The van der Waals surface area contributed by atoms with E-state index in [2.05, 4.69) is 58.6 Å². The summed E-state index contributed by atoms with van der Waals surface area (Å²) in [4.78, 5) is 20.0. The average molecular weight is 414 g/mol. The van der Waals surface area contributed by atoms with Gasteiger partial charge in [0.15, 0.2) is 17.0 Å². The average Bonchev–Trinajstić information content (AvgIpc) is 3.19. The van der Waals surface area contributed by atoms with Crippen LogP contribution in [0.15, 0.2) is 48.5 Å². The number of rotatable bonds is 5. The van der Waals surface area contributed by atoms with E-state index in [0.717, 1.165) is 41.4 Å². The van der Waals surface area contributed by atoms with Crippen LogP contribution < -0.4 is 15.5 Å². The number of nitrogens with one attached hydrogen (secondary N) is 3. The molecule has 4 aromatic rings. The number of aromatic nitrogens is 4. The van der Waals surface area contributed by atoms with Crippen molar-refractivity contribution < 1.29 is 0 Å². The summed E-state index contributed by atoms with van der Waals surface area (Å²) >= 11 is 0. The van der Waals surface area contributed by atoms with Gasteiger partial charge >= 0.3 is 0 Å². The Morgan fingerprint density at radius 1 is 0.742 bits per heavy atom. The number of H-pyrrole nitrogens is 1. The van der Waals surface area contributed by atoms with Crippen molar-refractivity contribution in [3.8, 4) is 0 Å². The van der Waals surface area contributed by atoms with Crippen LogP contribution in [0.1, 0.15) is 30.4 Å². The van der Waals surface area contributed by atoms with Crippen LogP contribution in [-0.4, -0.2) is 33.0 Å². The molecule has 2 aromatic heterocycles. The molecule has 5 rings (SSSR count). The standard InChI is InChI=1S/C24H27N7/c1-16-6-10-18(11-7-16)25-23-27-20-21(28-23)29-24(26-19-12-8-17(2)9-13-19)30-22(20)31-14-4-3-5-15-31/h6-13H,3-5,14-15H2,1-2H3,(H3,25,26,27,28,29,30). The van der Waals surface area contributed by atoms with Gasteiger partial charge in [0, 0.05) is 24.5 Å². The van der Waals surface area contributed by atoms with Crippen molar-refractivity contribution in [2.75, 3.05) is 28.6 Å². The molecule has 3 N–H and O–H groups in total. The second-order valence-electron chi connectivity index (χ2n) is 8.18. The van der Waals surface area contributed by atoms with Gasteiger partial charge in [-0.05, 0) is 57.4 Å². The molecule has 0 radical (unpaired) electrons. The highest BCUT2D eigenvalue weighted by molar-refractivity contribution is 5.87. The van der Waals surface area contributed by atoms with Crippen LogP contribution in [0.25, 0.3) is 11.2 Å². The van der Waals surface area contributed by atoms with Crippen molar-refractivity contribution in [1.82, 2.24) is 19.9 Å². The zero-order valence-corrected chi connectivity index (χ0v) is 17.9. The molecular formula is C24H27N7. The molecule has 1 fully saturated rings. The van der Waals surface area contributed by atoms with E-state index >= 15 is 0 Å². The van der Waals surface area contributed by atoms with Crippen LogP contribution >= 0.6 is 0 Å². The topological polar surface area (TPSA) is 81.8 Å². The van der Waals surface area contributed by atoms with Crippen LogP contribution in [0, 0.1) is 13.8 Å². The number of aryl methyl sites for hydroxylation is 2. The molecular weight excluding hydrogens is 386 g/mol. The summed E-state index contributed by atoms with van der Waals surface area (Å²) in [6, 6.07) is 16.5. The van der Waals surface area contributed by atoms with Crippen molar-refractivity contribution in [1.29, 1.82) is 0 Å². The molecule has 7 nitrogen and oxygen atoms in total.